The van der Waals surface area contributed by atoms with Gasteiger partial charge in [0.05, 0.1) is 37.2 Å². The molecule has 4 rings (SSSR count). The molecule has 0 radical (unpaired) electrons. The van der Waals surface area contributed by atoms with Crippen LogP contribution in [0.4, 0.5) is 0 Å². The van der Waals surface area contributed by atoms with Crippen LogP contribution in [-0.4, -0.2) is 82.3 Å². The zero-order valence-electron chi connectivity index (χ0n) is 22.2. The summed E-state index contributed by atoms with van der Waals surface area (Å²) >= 11 is 0. The van der Waals surface area contributed by atoms with E-state index in [0.717, 1.165) is 18.4 Å². The van der Waals surface area contributed by atoms with E-state index in [2.05, 4.69) is 13.5 Å². The number of hydrogen-bond donors (Lipinski definition) is 1. The summed E-state index contributed by atoms with van der Waals surface area (Å²) < 4.78 is 11.8. The van der Waals surface area contributed by atoms with Crippen LogP contribution in [0.5, 0.6) is 0 Å². The number of hydrogen-bond acceptors (Lipinski definition) is 6. The number of amides is 2. The van der Waals surface area contributed by atoms with Crippen LogP contribution < -0.4 is 0 Å². The standard InChI is InChI=1S/C29H40N2O6/c1-5-11-19(4)30(16-6-2)27(34)25-29-15-14-22(37-29)23(28(35)36-7-3)24(29)26(33)31(25)21(18-32)17-20-12-9-8-10-13-20/h6,8-10,12-13,19,21-25,32H,2,5,7,11,14-18H2,1,3-4H3/t19?,21-,22+,23-,24-,25+,29-/m1/s1. The van der Waals surface area contributed by atoms with Crippen molar-refractivity contribution in [3.63, 3.8) is 0 Å². The number of carbonyl (C=O) groups is 3. The average molecular weight is 513 g/mol. The van der Waals surface area contributed by atoms with Crippen LogP contribution in [-0.2, 0) is 30.3 Å². The van der Waals surface area contributed by atoms with Gasteiger partial charge in [-0.05, 0) is 45.1 Å². The molecule has 3 heterocycles. The molecule has 1 aromatic rings. The lowest BCUT2D eigenvalue weighted by molar-refractivity contribution is -0.156. The molecule has 3 fully saturated rings. The van der Waals surface area contributed by atoms with E-state index in [-0.39, 0.29) is 31.1 Å². The van der Waals surface area contributed by atoms with Crippen molar-refractivity contribution in [1.29, 1.82) is 0 Å². The van der Waals surface area contributed by atoms with Crippen molar-refractivity contribution >= 4 is 17.8 Å². The topological polar surface area (TPSA) is 96.4 Å². The number of likely N-dealkylation sites (tertiary alicyclic amines) is 1. The van der Waals surface area contributed by atoms with Gasteiger partial charge in [0.1, 0.15) is 11.6 Å². The Hall–Kier alpha value is -2.71. The van der Waals surface area contributed by atoms with Gasteiger partial charge in [-0.3, -0.25) is 14.4 Å². The van der Waals surface area contributed by atoms with Gasteiger partial charge in [0.25, 0.3) is 0 Å². The van der Waals surface area contributed by atoms with Gasteiger partial charge in [-0.1, -0.05) is 49.8 Å². The fourth-order valence-electron chi connectivity index (χ4n) is 6.76. The molecular weight excluding hydrogens is 472 g/mol. The smallest absolute Gasteiger partial charge is 0.312 e. The lowest BCUT2D eigenvalue weighted by Gasteiger charge is -2.41. The number of esters is 1. The minimum absolute atomic E-state index is 0.0657. The molecule has 1 aromatic carbocycles. The summed E-state index contributed by atoms with van der Waals surface area (Å²) in [5, 5.41) is 10.5. The molecule has 3 aliphatic rings. The van der Waals surface area contributed by atoms with E-state index >= 15 is 0 Å². The highest BCUT2D eigenvalue weighted by Crippen LogP contribution is 2.59. The summed E-state index contributed by atoms with van der Waals surface area (Å²) in [6.07, 6.45) is 4.42. The summed E-state index contributed by atoms with van der Waals surface area (Å²) in [4.78, 5) is 45.0. The van der Waals surface area contributed by atoms with Crippen molar-refractivity contribution in [1.82, 2.24) is 9.80 Å². The first-order valence-corrected chi connectivity index (χ1v) is 13.6. The van der Waals surface area contributed by atoms with Gasteiger partial charge in [-0.25, -0.2) is 0 Å². The van der Waals surface area contributed by atoms with Crippen LogP contribution >= 0.6 is 0 Å². The molecule has 0 aromatic heterocycles. The maximum Gasteiger partial charge on any atom is 0.312 e. The second-order valence-corrected chi connectivity index (χ2v) is 10.5. The Morgan fingerprint density at radius 2 is 2.05 bits per heavy atom. The fourth-order valence-corrected chi connectivity index (χ4v) is 6.76. The van der Waals surface area contributed by atoms with Crippen molar-refractivity contribution in [2.24, 2.45) is 11.8 Å². The second kappa shape index (κ2) is 11.4. The highest BCUT2D eigenvalue weighted by atomic mass is 16.6. The zero-order valence-corrected chi connectivity index (χ0v) is 22.2. The number of nitrogens with zero attached hydrogens (tertiary/aromatic N) is 2. The number of aliphatic hydroxyl groups is 1. The van der Waals surface area contributed by atoms with Gasteiger partial charge in [-0.15, -0.1) is 6.58 Å². The molecule has 8 heteroatoms. The van der Waals surface area contributed by atoms with E-state index < -0.39 is 41.6 Å². The lowest BCUT2D eigenvalue weighted by atomic mass is 9.70. The van der Waals surface area contributed by atoms with Gasteiger partial charge in [0.15, 0.2) is 0 Å². The van der Waals surface area contributed by atoms with E-state index in [1.165, 1.54) is 0 Å². The molecular formula is C29H40N2O6. The van der Waals surface area contributed by atoms with Crippen molar-refractivity contribution in [3.05, 3.63) is 48.6 Å². The van der Waals surface area contributed by atoms with Crippen LogP contribution in [0.25, 0.3) is 0 Å². The number of benzene rings is 1. The molecule has 2 bridgehead atoms. The Bertz CT molecular complexity index is 999. The molecule has 2 amide bonds. The van der Waals surface area contributed by atoms with E-state index in [9.17, 15) is 19.5 Å². The molecule has 1 unspecified atom stereocenters. The van der Waals surface area contributed by atoms with Crippen LogP contribution in [0, 0.1) is 11.8 Å². The Morgan fingerprint density at radius 1 is 1.32 bits per heavy atom. The summed E-state index contributed by atoms with van der Waals surface area (Å²) in [5.41, 5.74) is -0.171. The van der Waals surface area contributed by atoms with Gasteiger partial charge in [-0.2, -0.15) is 0 Å². The zero-order chi connectivity index (χ0) is 26.7. The maximum absolute atomic E-state index is 14.4. The van der Waals surface area contributed by atoms with Crippen LogP contribution in [0.1, 0.15) is 52.0 Å². The quantitative estimate of drug-likeness (QED) is 0.342. The number of fused-ring (bicyclic) bond motifs is 1. The van der Waals surface area contributed by atoms with E-state index in [4.69, 9.17) is 9.47 Å². The molecule has 8 nitrogen and oxygen atoms in total. The van der Waals surface area contributed by atoms with Crippen molar-refractivity contribution in [3.8, 4) is 0 Å². The molecule has 0 aliphatic carbocycles. The molecule has 202 valence electrons. The Balaban J connectivity index is 1.78. The third-order valence-corrected chi connectivity index (χ3v) is 8.30. The summed E-state index contributed by atoms with van der Waals surface area (Å²) in [7, 11) is 0. The summed E-state index contributed by atoms with van der Waals surface area (Å²) in [5.74, 6) is -2.54. The molecule has 3 aliphatic heterocycles. The third kappa shape index (κ3) is 4.70. The first-order chi connectivity index (χ1) is 17.8. The number of ether oxygens (including phenoxy) is 2. The minimum Gasteiger partial charge on any atom is -0.466 e. The number of aliphatic hydroxyl groups excluding tert-OH is 1. The summed E-state index contributed by atoms with van der Waals surface area (Å²) in [6, 6.07) is 7.97. The van der Waals surface area contributed by atoms with E-state index in [0.29, 0.717) is 25.8 Å². The molecule has 7 atom stereocenters. The van der Waals surface area contributed by atoms with Crippen molar-refractivity contribution < 1.29 is 29.0 Å². The predicted molar refractivity (Wildman–Crippen MR) is 138 cm³/mol. The second-order valence-electron chi connectivity index (χ2n) is 10.5. The van der Waals surface area contributed by atoms with E-state index in [1.807, 2.05) is 37.3 Å². The number of rotatable bonds is 12. The predicted octanol–water partition coefficient (Wildman–Crippen LogP) is 2.73. The van der Waals surface area contributed by atoms with Crippen LogP contribution in [0.15, 0.2) is 43.0 Å². The van der Waals surface area contributed by atoms with Gasteiger partial charge < -0.3 is 24.4 Å². The van der Waals surface area contributed by atoms with Crippen molar-refractivity contribution in [2.75, 3.05) is 19.8 Å². The fraction of sp³-hybridized carbons (Fsp3) is 0.621. The Kier molecular flexibility index (Phi) is 8.39. The first kappa shape index (κ1) is 27.3. The lowest BCUT2D eigenvalue weighted by Crippen LogP contribution is -2.60. The summed E-state index contributed by atoms with van der Waals surface area (Å²) in [6.45, 7) is 9.90. The Labute approximate surface area is 219 Å². The molecule has 37 heavy (non-hydrogen) atoms. The highest BCUT2D eigenvalue weighted by Gasteiger charge is 2.75. The molecule has 1 N–H and O–H groups in total. The SMILES string of the molecule is C=CCN(C(=O)[C@@H]1N([C@@H](CO)Cc2ccccc2)C(=O)[C@H]2[C@H](C(=O)OCC)[C@@H]3CC[C@]12O3)C(C)CCC. The molecule has 0 saturated carbocycles. The molecule has 1 spiro atoms. The van der Waals surface area contributed by atoms with Crippen LogP contribution in [0.3, 0.4) is 0 Å². The largest absolute Gasteiger partial charge is 0.466 e. The van der Waals surface area contributed by atoms with E-state index in [1.54, 1.807) is 22.8 Å². The minimum atomic E-state index is -1.12. The Morgan fingerprint density at radius 3 is 2.68 bits per heavy atom. The van der Waals surface area contributed by atoms with Crippen LogP contribution in [0.2, 0.25) is 0 Å². The van der Waals surface area contributed by atoms with Crippen molar-refractivity contribution in [2.45, 2.75) is 82.7 Å². The third-order valence-electron chi connectivity index (χ3n) is 8.30. The molecule has 3 saturated heterocycles. The van der Waals surface area contributed by atoms with Gasteiger partial charge in [0.2, 0.25) is 11.8 Å². The maximum atomic E-state index is 14.4. The number of carbonyl (C=O) groups excluding carboxylic acids is 3. The average Bonchev–Trinajstić information content (AvgIpc) is 3.54. The normalized spacial score (nSPS) is 29.6. The monoisotopic (exact) mass is 512 g/mol. The van der Waals surface area contributed by atoms with Gasteiger partial charge in [0, 0.05) is 12.6 Å². The highest BCUT2D eigenvalue weighted by molar-refractivity contribution is 5.98. The van der Waals surface area contributed by atoms with Gasteiger partial charge >= 0.3 is 5.97 Å². The first-order valence-electron chi connectivity index (χ1n) is 13.6.